The molecular formula is C8H12BrN3O. The van der Waals surface area contributed by atoms with E-state index in [4.69, 9.17) is 5.73 Å². The summed E-state index contributed by atoms with van der Waals surface area (Å²) in [5, 5.41) is 16.2. The predicted octanol–water partition coefficient (Wildman–Crippen LogP) is 0.523. The van der Waals surface area contributed by atoms with Gasteiger partial charge in [-0.2, -0.15) is 5.10 Å². The second-order valence-corrected chi connectivity index (χ2v) is 4.49. The summed E-state index contributed by atoms with van der Waals surface area (Å²) in [5.41, 5.74) is 6.64. The molecule has 1 aromatic heterocycles. The quantitative estimate of drug-likeness (QED) is 0.712. The molecule has 1 heterocycles. The third-order valence-corrected chi connectivity index (χ3v) is 3.37. The number of hydrogen-bond donors (Lipinski definition) is 3. The number of aliphatic hydroxyl groups is 1. The molecule has 0 saturated heterocycles. The molecule has 2 rings (SSSR count). The van der Waals surface area contributed by atoms with E-state index < -0.39 is 0 Å². The molecule has 0 bridgehead atoms. The molecule has 1 aliphatic carbocycles. The summed E-state index contributed by atoms with van der Waals surface area (Å²) in [6.45, 7) is 0.546. The van der Waals surface area contributed by atoms with Crippen LogP contribution in [0.1, 0.15) is 18.5 Å². The molecule has 0 aliphatic heterocycles. The Bertz CT molecular complexity index is 306. The molecule has 0 radical (unpaired) electrons. The fourth-order valence-electron chi connectivity index (χ4n) is 1.96. The highest BCUT2D eigenvalue weighted by molar-refractivity contribution is 9.10. The summed E-state index contributed by atoms with van der Waals surface area (Å²) in [4.78, 5) is 0. The van der Waals surface area contributed by atoms with Crippen LogP contribution in [0.5, 0.6) is 0 Å². The largest absolute Gasteiger partial charge is 0.393 e. The van der Waals surface area contributed by atoms with E-state index in [0.29, 0.717) is 6.54 Å². The molecule has 0 amide bonds. The molecular weight excluding hydrogens is 234 g/mol. The molecule has 1 fully saturated rings. The lowest BCUT2D eigenvalue weighted by Gasteiger charge is -2.44. The summed E-state index contributed by atoms with van der Waals surface area (Å²) in [6, 6.07) is 0. The van der Waals surface area contributed by atoms with E-state index in [-0.39, 0.29) is 11.5 Å². The van der Waals surface area contributed by atoms with E-state index >= 15 is 0 Å². The van der Waals surface area contributed by atoms with Crippen LogP contribution in [-0.2, 0) is 5.41 Å². The predicted molar refractivity (Wildman–Crippen MR) is 52.3 cm³/mol. The lowest BCUT2D eigenvalue weighted by atomic mass is 9.65. The summed E-state index contributed by atoms with van der Waals surface area (Å²) < 4.78 is 0.949. The molecule has 1 saturated carbocycles. The molecule has 4 nitrogen and oxygen atoms in total. The highest BCUT2D eigenvalue weighted by Gasteiger charge is 2.45. The van der Waals surface area contributed by atoms with Gasteiger partial charge in [0.05, 0.1) is 22.5 Å². The van der Waals surface area contributed by atoms with Gasteiger partial charge in [0.15, 0.2) is 0 Å². The number of aromatic amines is 1. The smallest absolute Gasteiger partial charge is 0.0632 e. The summed E-state index contributed by atoms with van der Waals surface area (Å²) in [5.74, 6) is 0. The van der Waals surface area contributed by atoms with E-state index in [1.807, 2.05) is 0 Å². The summed E-state index contributed by atoms with van der Waals surface area (Å²) in [7, 11) is 0. The van der Waals surface area contributed by atoms with Crippen LogP contribution in [-0.4, -0.2) is 28.0 Å². The monoisotopic (exact) mass is 245 g/mol. The van der Waals surface area contributed by atoms with Crippen LogP contribution in [0, 0.1) is 0 Å². The SMILES string of the molecule is NCC1(c2[nH]ncc2Br)CC(O)C1. The zero-order valence-corrected chi connectivity index (χ0v) is 8.71. The molecule has 72 valence electrons. The van der Waals surface area contributed by atoms with Gasteiger partial charge in [-0.15, -0.1) is 0 Å². The minimum atomic E-state index is -0.209. The minimum Gasteiger partial charge on any atom is -0.393 e. The number of nitrogens with one attached hydrogen (secondary N) is 1. The van der Waals surface area contributed by atoms with Gasteiger partial charge in [-0.1, -0.05) is 0 Å². The van der Waals surface area contributed by atoms with Gasteiger partial charge in [-0.25, -0.2) is 0 Å². The number of aromatic nitrogens is 2. The fourth-order valence-corrected chi connectivity index (χ4v) is 2.57. The molecule has 4 N–H and O–H groups in total. The Balaban J connectivity index is 2.28. The number of hydrogen-bond acceptors (Lipinski definition) is 3. The van der Waals surface area contributed by atoms with Crippen molar-refractivity contribution in [2.45, 2.75) is 24.4 Å². The standard InChI is InChI=1S/C8H12BrN3O/c9-6-3-11-12-7(6)8(4-10)1-5(13)2-8/h3,5,13H,1-2,4,10H2,(H,11,12). The van der Waals surface area contributed by atoms with Crippen LogP contribution in [0.2, 0.25) is 0 Å². The van der Waals surface area contributed by atoms with Crippen LogP contribution >= 0.6 is 15.9 Å². The third kappa shape index (κ3) is 1.31. The van der Waals surface area contributed by atoms with E-state index in [1.54, 1.807) is 6.20 Å². The van der Waals surface area contributed by atoms with Crippen LogP contribution in [0.3, 0.4) is 0 Å². The van der Waals surface area contributed by atoms with Gasteiger partial charge in [0, 0.05) is 12.0 Å². The van der Waals surface area contributed by atoms with Crippen molar-refractivity contribution < 1.29 is 5.11 Å². The fraction of sp³-hybridized carbons (Fsp3) is 0.625. The molecule has 0 atom stereocenters. The Labute approximate surface area is 84.6 Å². The molecule has 0 spiro atoms. The van der Waals surface area contributed by atoms with Crippen molar-refractivity contribution in [1.82, 2.24) is 10.2 Å². The van der Waals surface area contributed by atoms with Gasteiger partial charge in [-0.05, 0) is 28.8 Å². The van der Waals surface area contributed by atoms with Crippen LogP contribution < -0.4 is 5.73 Å². The van der Waals surface area contributed by atoms with Crippen molar-refractivity contribution in [1.29, 1.82) is 0 Å². The summed E-state index contributed by atoms with van der Waals surface area (Å²) >= 11 is 3.41. The van der Waals surface area contributed by atoms with Crippen molar-refractivity contribution in [3.05, 3.63) is 16.4 Å². The van der Waals surface area contributed by atoms with E-state index in [2.05, 4.69) is 26.1 Å². The van der Waals surface area contributed by atoms with Gasteiger partial charge < -0.3 is 10.8 Å². The number of H-pyrrole nitrogens is 1. The van der Waals surface area contributed by atoms with Crippen LogP contribution in [0.15, 0.2) is 10.7 Å². The number of aliphatic hydroxyl groups excluding tert-OH is 1. The normalized spacial score (nSPS) is 33.0. The van der Waals surface area contributed by atoms with Crippen LogP contribution in [0.25, 0.3) is 0 Å². The topological polar surface area (TPSA) is 74.9 Å². The second-order valence-electron chi connectivity index (χ2n) is 3.64. The van der Waals surface area contributed by atoms with E-state index in [0.717, 1.165) is 23.0 Å². The zero-order valence-electron chi connectivity index (χ0n) is 7.13. The average molecular weight is 246 g/mol. The maximum Gasteiger partial charge on any atom is 0.0632 e. The Morgan fingerprint density at radius 3 is 2.85 bits per heavy atom. The molecule has 0 aromatic carbocycles. The number of nitrogens with two attached hydrogens (primary N) is 1. The molecule has 1 aromatic rings. The van der Waals surface area contributed by atoms with Crippen LogP contribution in [0.4, 0.5) is 0 Å². The first-order valence-electron chi connectivity index (χ1n) is 4.25. The van der Waals surface area contributed by atoms with Crippen molar-refractivity contribution in [3.63, 3.8) is 0 Å². The minimum absolute atomic E-state index is 0.0885. The zero-order chi connectivity index (χ0) is 9.47. The van der Waals surface area contributed by atoms with Gasteiger partial charge in [0.25, 0.3) is 0 Å². The molecule has 5 heteroatoms. The first-order chi connectivity index (χ1) is 6.18. The summed E-state index contributed by atoms with van der Waals surface area (Å²) in [6.07, 6.45) is 2.96. The maximum absolute atomic E-state index is 9.30. The molecule has 1 aliphatic rings. The van der Waals surface area contributed by atoms with Crippen molar-refractivity contribution >= 4 is 15.9 Å². The first kappa shape index (κ1) is 9.18. The second kappa shape index (κ2) is 3.08. The highest BCUT2D eigenvalue weighted by atomic mass is 79.9. The number of nitrogens with zero attached hydrogens (tertiary/aromatic N) is 1. The van der Waals surface area contributed by atoms with Gasteiger partial charge >= 0.3 is 0 Å². The lowest BCUT2D eigenvalue weighted by molar-refractivity contribution is 0.0197. The Morgan fingerprint density at radius 1 is 1.77 bits per heavy atom. The van der Waals surface area contributed by atoms with Crippen molar-refractivity contribution in [2.24, 2.45) is 5.73 Å². The highest BCUT2D eigenvalue weighted by Crippen LogP contribution is 2.44. The van der Waals surface area contributed by atoms with E-state index in [9.17, 15) is 5.11 Å². The Kier molecular flexibility index (Phi) is 2.17. The van der Waals surface area contributed by atoms with E-state index in [1.165, 1.54) is 0 Å². The lowest BCUT2D eigenvalue weighted by Crippen LogP contribution is -2.50. The van der Waals surface area contributed by atoms with Gasteiger partial charge in [0.2, 0.25) is 0 Å². The molecule has 13 heavy (non-hydrogen) atoms. The first-order valence-corrected chi connectivity index (χ1v) is 5.05. The van der Waals surface area contributed by atoms with Crippen molar-refractivity contribution in [2.75, 3.05) is 6.54 Å². The van der Waals surface area contributed by atoms with Gasteiger partial charge in [0.1, 0.15) is 0 Å². The number of halogens is 1. The third-order valence-electron chi connectivity index (χ3n) is 2.77. The maximum atomic E-state index is 9.30. The Hall–Kier alpha value is -0.390. The van der Waals surface area contributed by atoms with Crippen molar-refractivity contribution in [3.8, 4) is 0 Å². The Morgan fingerprint density at radius 2 is 2.46 bits per heavy atom. The number of rotatable bonds is 2. The average Bonchev–Trinajstić information content (AvgIpc) is 2.46. The molecule has 0 unspecified atom stereocenters. The van der Waals surface area contributed by atoms with Gasteiger partial charge in [-0.3, -0.25) is 5.10 Å².